The van der Waals surface area contributed by atoms with Crippen LogP contribution in [0.4, 0.5) is 13.2 Å². The van der Waals surface area contributed by atoms with Gasteiger partial charge in [-0.1, -0.05) is 29.8 Å². The van der Waals surface area contributed by atoms with Crippen LogP contribution >= 0.6 is 34.2 Å². The number of rotatable bonds is 8. The van der Waals surface area contributed by atoms with Gasteiger partial charge in [-0.2, -0.15) is 18.3 Å². The maximum atomic E-state index is 12.9. The van der Waals surface area contributed by atoms with Gasteiger partial charge in [0.2, 0.25) is 0 Å². The number of hydrazone groups is 1. The summed E-state index contributed by atoms with van der Waals surface area (Å²) in [7, 11) is 0. The van der Waals surface area contributed by atoms with Crippen molar-refractivity contribution in [2.75, 3.05) is 6.61 Å². The van der Waals surface area contributed by atoms with Crippen LogP contribution in [0.25, 0.3) is 0 Å². The van der Waals surface area contributed by atoms with Crippen molar-refractivity contribution in [2.45, 2.75) is 19.7 Å². The Morgan fingerprint density at radius 2 is 1.85 bits per heavy atom. The summed E-state index contributed by atoms with van der Waals surface area (Å²) in [5, 5.41) is 4.50. The van der Waals surface area contributed by atoms with E-state index in [4.69, 9.17) is 21.1 Å². The lowest BCUT2D eigenvalue weighted by atomic mass is 10.1. The molecule has 3 aromatic rings. The molecule has 0 heterocycles. The van der Waals surface area contributed by atoms with Crippen molar-refractivity contribution >= 4 is 46.3 Å². The monoisotopic (exact) mass is 602 g/mol. The lowest BCUT2D eigenvalue weighted by molar-refractivity contribution is -0.137. The van der Waals surface area contributed by atoms with Gasteiger partial charge in [-0.15, -0.1) is 0 Å². The van der Waals surface area contributed by atoms with Crippen LogP contribution in [0, 0.1) is 3.57 Å². The summed E-state index contributed by atoms with van der Waals surface area (Å²) in [5.41, 5.74) is 2.73. The summed E-state index contributed by atoms with van der Waals surface area (Å²) < 4.78 is 51.0. The predicted molar refractivity (Wildman–Crippen MR) is 133 cm³/mol. The summed E-state index contributed by atoms with van der Waals surface area (Å²) in [6.07, 6.45) is -3.16. The molecule has 178 valence electrons. The minimum absolute atomic E-state index is 0.150. The second kappa shape index (κ2) is 11.6. The maximum absolute atomic E-state index is 12.9. The Balaban J connectivity index is 1.72. The van der Waals surface area contributed by atoms with E-state index in [9.17, 15) is 18.0 Å². The number of nitrogens with one attached hydrogen (secondary N) is 1. The van der Waals surface area contributed by atoms with Gasteiger partial charge in [0.05, 0.1) is 22.0 Å². The molecular weight excluding hydrogens is 584 g/mol. The van der Waals surface area contributed by atoms with Gasteiger partial charge in [-0.05, 0) is 83.1 Å². The SMILES string of the molecule is CCOc1cc(/C=N\NC(=O)c2cccc(C(F)(F)F)c2)cc(I)c1OCc1ccc(Cl)cc1. The lowest BCUT2D eigenvalue weighted by Gasteiger charge is -2.15. The zero-order chi connectivity index (χ0) is 24.7. The van der Waals surface area contributed by atoms with Crippen LogP contribution in [0.15, 0.2) is 65.8 Å². The maximum Gasteiger partial charge on any atom is 0.416 e. The Morgan fingerprint density at radius 1 is 1.12 bits per heavy atom. The number of carbonyl (C=O) groups is 1. The van der Waals surface area contributed by atoms with Crippen LogP contribution in [-0.4, -0.2) is 18.7 Å². The molecule has 3 aromatic carbocycles. The number of hydrogen-bond acceptors (Lipinski definition) is 4. The summed E-state index contributed by atoms with van der Waals surface area (Å²) in [5.74, 6) is 0.293. The zero-order valence-corrected chi connectivity index (χ0v) is 20.7. The molecule has 10 heteroatoms. The minimum atomic E-state index is -4.54. The first-order chi connectivity index (χ1) is 16.2. The number of ether oxygens (including phenoxy) is 2. The topological polar surface area (TPSA) is 59.9 Å². The highest BCUT2D eigenvalue weighted by Crippen LogP contribution is 2.34. The van der Waals surface area contributed by atoms with Crippen LogP contribution in [0.2, 0.25) is 5.02 Å². The van der Waals surface area contributed by atoms with Crippen LogP contribution in [0.3, 0.4) is 0 Å². The van der Waals surface area contributed by atoms with Crippen molar-refractivity contribution in [3.8, 4) is 11.5 Å². The van der Waals surface area contributed by atoms with E-state index >= 15 is 0 Å². The summed E-state index contributed by atoms with van der Waals surface area (Å²) in [4.78, 5) is 12.2. The number of halogens is 5. The Morgan fingerprint density at radius 3 is 2.53 bits per heavy atom. The second-order valence-corrected chi connectivity index (χ2v) is 8.55. The van der Waals surface area contributed by atoms with Crippen LogP contribution in [-0.2, 0) is 12.8 Å². The number of benzene rings is 3. The van der Waals surface area contributed by atoms with E-state index in [2.05, 4.69) is 33.1 Å². The van der Waals surface area contributed by atoms with Gasteiger partial charge in [-0.3, -0.25) is 4.79 Å². The molecule has 0 atom stereocenters. The molecule has 0 unspecified atom stereocenters. The minimum Gasteiger partial charge on any atom is -0.490 e. The quantitative estimate of drug-likeness (QED) is 0.177. The molecule has 0 radical (unpaired) electrons. The summed E-state index contributed by atoms with van der Waals surface area (Å²) in [6, 6.07) is 14.9. The van der Waals surface area contributed by atoms with E-state index in [1.807, 2.05) is 19.1 Å². The van der Waals surface area contributed by atoms with Gasteiger partial charge in [-0.25, -0.2) is 5.43 Å². The molecule has 0 spiro atoms. The normalized spacial score (nSPS) is 11.5. The third-order valence-electron chi connectivity index (χ3n) is 4.46. The number of carbonyl (C=O) groups excluding carboxylic acids is 1. The van der Waals surface area contributed by atoms with Gasteiger partial charge in [0.25, 0.3) is 5.91 Å². The molecular formula is C24H19ClF3IN2O3. The van der Waals surface area contributed by atoms with Crippen molar-refractivity contribution in [3.63, 3.8) is 0 Å². The summed E-state index contributed by atoms with van der Waals surface area (Å²) in [6.45, 7) is 2.56. The first-order valence-corrected chi connectivity index (χ1v) is 11.5. The number of nitrogens with zero attached hydrogens (tertiary/aromatic N) is 1. The fourth-order valence-electron chi connectivity index (χ4n) is 2.87. The Bertz CT molecular complexity index is 1190. The molecule has 34 heavy (non-hydrogen) atoms. The fourth-order valence-corrected chi connectivity index (χ4v) is 3.78. The fraction of sp³-hybridized carbons (Fsp3) is 0.167. The highest BCUT2D eigenvalue weighted by molar-refractivity contribution is 14.1. The molecule has 0 aliphatic carbocycles. The first kappa shape index (κ1) is 25.8. The molecule has 0 saturated carbocycles. The van der Waals surface area contributed by atoms with E-state index in [-0.39, 0.29) is 5.56 Å². The Labute approximate surface area is 213 Å². The van der Waals surface area contributed by atoms with Crippen LogP contribution in [0.5, 0.6) is 11.5 Å². The molecule has 1 N–H and O–H groups in total. The third kappa shape index (κ3) is 7.10. The molecule has 0 aliphatic rings. The standard InChI is InChI=1S/C24H19ClF3IN2O3/c1-2-33-21-11-16(10-20(29)22(21)34-14-15-6-8-19(25)9-7-15)13-30-31-23(32)17-4-3-5-18(12-17)24(26,27)28/h3-13H,2,14H2,1H3,(H,31,32)/b30-13-. The van der Waals surface area contributed by atoms with Crippen LogP contribution in [0.1, 0.15) is 34.0 Å². The van der Waals surface area contributed by atoms with Gasteiger partial charge < -0.3 is 9.47 Å². The Kier molecular flexibility index (Phi) is 8.78. The van der Waals surface area contributed by atoms with Gasteiger partial charge in [0.1, 0.15) is 6.61 Å². The third-order valence-corrected chi connectivity index (χ3v) is 5.51. The zero-order valence-electron chi connectivity index (χ0n) is 17.8. The van der Waals surface area contributed by atoms with Crippen molar-refractivity contribution in [3.05, 3.63) is 91.5 Å². The molecule has 3 rings (SSSR count). The van der Waals surface area contributed by atoms with Crippen LogP contribution < -0.4 is 14.9 Å². The van der Waals surface area contributed by atoms with E-state index in [1.54, 1.807) is 24.3 Å². The molecule has 0 saturated heterocycles. The smallest absolute Gasteiger partial charge is 0.416 e. The largest absolute Gasteiger partial charge is 0.490 e. The molecule has 5 nitrogen and oxygen atoms in total. The Hall–Kier alpha value is -2.79. The number of alkyl halides is 3. The molecule has 0 aromatic heterocycles. The molecule has 0 fully saturated rings. The molecule has 0 aliphatic heterocycles. The lowest BCUT2D eigenvalue weighted by Crippen LogP contribution is -2.18. The predicted octanol–water partition coefficient (Wildman–Crippen LogP) is 6.71. The number of amides is 1. The molecule has 0 bridgehead atoms. The second-order valence-electron chi connectivity index (χ2n) is 6.96. The van der Waals surface area contributed by atoms with E-state index in [1.165, 1.54) is 18.3 Å². The first-order valence-electron chi connectivity index (χ1n) is 10.0. The van der Waals surface area contributed by atoms with E-state index in [0.29, 0.717) is 35.3 Å². The van der Waals surface area contributed by atoms with Crippen molar-refractivity contribution < 1.29 is 27.4 Å². The summed E-state index contributed by atoms with van der Waals surface area (Å²) >= 11 is 8.02. The van der Waals surface area contributed by atoms with Gasteiger partial charge in [0, 0.05) is 10.6 Å². The van der Waals surface area contributed by atoms with E-state index < -0.39 is 17.6 Å². The van der Waals surface area contributed by atoms with Gasteiger partial charge >= 0.3 is 6.18 Å². The number of hydrogen-bond donors (Lipinski definition) is 1. The highest BCUT2D eigenvalue weighted by Gasteiger charge is 2.30. The molecule has 1 amide bonds. The van der Waals surface area contributed by atoms with E-state index in [0.717, 1.165) is 21.3 Å². The average molecular weight is 603 g/mol. The van der Waals surface area contributed by atoms with Crippen molar-refractivity contribution in [1.29, 1.82) is 0 Å². The van der Waals surface area contributed by atoms with Crippen molar-refractivity contribution in [1.82, 2.24) is 5.43 Å². The van der Waals surface area contributed by atoms with Crippen molar-refractivity contribution in [2.24, 2.45) is 5.10 Å². The highest BCUT2D eigenvalue weighted by atomic mass is 127. The van der Waals surface area contributed by atoms with Gasteiger partial charge in [0.15, 0.2) is 11.5 Å². The average Bonchev–Trinajstić information content (AvgIpc) is 2.79.